The van der Waals surface area contributed by atoms with Crippen LogP contribution < -0.4 is 0 Å². The fourth-order valence-electron chi connectivity index (χ4n) is 4.60. The lowest BCUT2D eigenvalue weighted by Crippen LogP contribution is -2.55. The number of aryl methyl sites for hydroxylation is 1. The van der Waals surface area contributed by atoms with E-state index < -0.39 is 23.6 Å². The second-order valence-electron chi connectivity index (χ2n) is 9.13. The van der Waals surface area contributed by atoms with Gasteiger partial charge in [0.05, 0.1) is 17.9 Å². The van der Waals surface area contributed by atoms with Crippen LogP contribution >= 0.6 is 0 Å². The number of hydrogen-bond donors (Lipinski definition) is 0. The maximum Gasteiger partial charge on any atom is 0.342 e. The fraction of sp³-hybridized carbons (Fsp3) is 0.345. The average molecular weight is 519 g/mol. The number of hydrogen-bond acceptors (Lipinski definition) is 6. The first-order chi connectivity index (χ1) is 18.3. The highest BCUT2D eigenvalue weighted by atomic mass is 19.1. The second-order valence-corrected chi connectivity index (χ2v) is 9.13. The summed E-state index contributed by atoms with van der Waals surface area (Å²) in [5.74, 6) is -1.73. The molecule has 1 aliphatic rings. The predicted molar refractivity (Wildman–Crippen MR) is 140 cm³/mol. The highest BCUT2D eigenvalue weighted by Gasteiger charge is 2.35. The zero-order valence-corrected chi connectivity index (χ0v) is 21.8. The van der Waals surface area contributed by atoms with Crippen molar-refractivity contribution >= 4 is 17.8 Å². The third-order valence-corrected chi connectivity index (χ3v) is 6.46. The van der Waals surface area contributed by atoms with E-state index in [1.54, 1.807) is 22.8 Å². The lowest BCUT2D eigenvalue weighted by Gasteiger charge is -2.40. The first-order valence-corrected chi connectivity index (χ1v) is 12.8. The van der Waals surface area contributed by atoms with Gasteiger partial charge in [-0.15, -0.1) is 0 Å². The van der Waals surface area contributed by atoms with Crippen LogP contribution in [0.15, 0.2) is 54.6 Å². The minimum absolute atomic E-state index is 0.00349. The van der Waals surface area contributed by atoms with Gasteiger partial charge in [-0.2, -0.15) is 0 Å². The van der Waals surface area contributed by atoms with Crippen molar-refractivity contribution in [3.63, 3.8) is 0 Å². The summed E-state index contributed by atoms with van der Waals surface area (Å²) in [7, 11) is 0. The van der Waals surface area contributed by atoms with Crippen molar-refractivity contribution in [2.24, 2.45) is 0 Å². The van der Waals surface area contributed by atoms with E-state index in [2.05, 4.69) is 9.97 Å². The number of rotatable bonds is 7. The number of piperazine rings is 1. The van der Waals surface area contributed by atoms with Crippen LogP contribution in [0, 0.1) is 5.82 Å². The average Bonchev–Trinajstić information content (AvgIpc) is 2.93. The van der Waals surface area contributed by atoms with Crippen LogP contribution in [0.2, 0.25) is 0 Å². The normalized spacial score (nSPS) is 15.3. The number of benzene rings is 2. The van der Waals surface area contributed by atoms with E-state index in [9.17, 15) is 18.8 Å². The monoisotopic (exact) mass is 518 g/mol. The molecule has 9 heteroatoms. The van der Waals surface area contributed by atoms with Crippen LogP contribution in [-0.4, -0.2) is 69.8 Å². The number of esters is 1. The van der Waals surface area contributed by atoms with Crippen LogP contribution in [0.1, 0.15) is 64.1 Å². The Balaban J connectivity index is 1.68. The molecule has 1 unspecified atom stereocenters. The molecule has 1 aliphatic heterocycles. The number of aromatic nitrogens is 2. The molecule has 0 saturated carbocycles. The maximum atomic E-state index is 14.2. The molecule has 1 aromatic heterocycles. The Kier molecular flexibility index (Phi) is 8.45. The van der Waals surface area contributed by atoms with Crippen LogP contribution in [-0.2, 0) is 11.2 Å². The van der Waals surface area contributed by atoms with Crippen molar-refractivity contribution in [1.82, 2.24) is 19.8 Å². The first-order valence-electron chi connectivity index (χ1n) is 12.8. The SMILES string of the molecule is CCCc1nc(-c2ccccc2)nc(C(=O)N2CCN(C(=O)c3ccccc3F)C(C)C2)c1C(=O)OCC. The topological polar surface area (TPSA) is 92.7 Å². The lowest BCUT2D eigenvalue weighted by molar-refractivity contribution is 0.0403. The van der Waals surface area contributed by atoms with Gasteiger partial charge >= 0.3 is 5.97 Å². The molecule has 8 nitrogen and oxygen atoms in total. The fourth-order valence-corrected chi connectivity index (χ4v) is 4.60. The van der Waals surface area contributed by atoms with Crippen LogP contribution in [0.3, 0.4) is 0 Å². The van der Waals surface area contributed by atoms with Gasteiger partial charge in [-0.3, -0.25) is 9.59 Å². The highest BCUT2D eigenvalue weighted by molar-refractivity contribution is 6.05. The standard InChI is InChI=1S/C29H31FN4O4/c1-4-11-23-24(29(37)38-5-2)25(32-26(31-23)20-12-7-6-8-13-20)28(36)33-16-17-34(19(3)18-33)27(35)21-14-9-10-15-22(21)30/h6-10,12-15,19H,4-5,11,16-18H2,1-3H3. The first kappa shape index (κ1) is 26.9. The molecular weight excluding hydrogens is 487 g/mol. The largest absolute Gasteiger partial charge is 0.462 e. The van der Waals surface area contributed by atoms with Crippen molar-refractivity contribution in [2.45, 2.75) is 39.7 Å². The molecule has 0 N–H and O–H groups in total. The van der Waals surface area contributed by atoms with E-state index in [0.717, 1.165) is 5.56 Å². The van der Waals surface area contributed by atoms with E-state index in [4.69, 9.17) is 4.74 Å². The van der Waals surface area contributed by atoms with Crippen LogP contribution in [0.5, 0.6) is 0 Å². The van der Waals surface area contributed by atoms with Crippen LogP contribution in [0.25, 0.3) is 11.4 Å². The molecule has 38 heavy (non-hydrogen) atoms. The number of carbonyl (C=O) groups is 3. The Hall–Kier alpha value is -4.14. The molecule has 0 aliphatic carbocycles. The van der Waals surface area contributed by atoms with E-state index >= 15 is 0 Å². The van der Waals surface area contributed by atoms with E-state index in [-0.39, 0.29) is 49.1 Å². The van der Waals surface area contributed by atoms with Crippen LogP contribution in [0.4, 0.5) is 4.39 Å². The van der Waals surface area contributed by atoms with Gasteiger partial charge in [-0.25, -0.2) is 19.2 Å². The van der Waals surface area contributed by atoms with Gasteiger partial charge in [-0.05, 0) is 32.4 Å². The summed E-state index contributed by atoms with van der Waals surface area (Å²) in [5.41, 5.74) is 1.25. The van der Waals surface area contributed by atoms with Crippen molar-refractivity contribution < 1.29 is 23.5 Å². The lowest BCUT2D eigenvalue weighted by atomic mass is 10.0. The molecule has 0 radical (unpaired) electrons. The van der Waals surface area contributed by atoms with Crippen molar-refractivity contribution in [3.05, 3.63) is 82.9 Å². The zero-order chi connectivity index (χ0) is 27.2. The molecule has 0 bridgehead atoms. The molecule has 4 rings (SSSR count). The molecular formula is C29H31FN4O4. The van der Waals surface area contributed by atoms with Gasteiger partial charge in [0.2, 0.25) is 0 Å². The molecule has 1 fully saturated rings. The molecule has 198 valence electrons. The summed E-state index contributed by atoms with van der Waals surface area (Å²) in [5, 5.41) is 0. The minimum atomic E-state index is -0.639. The summed E-state index contributed by atoms with van der Waals surface area (Å²) in [6, 6.07) is 14.7. The molecule has 2 heterocycles. The van der Waals surface area contributed by atoms with E-state index in [0.29, 0.717) is 24.4 Å². The Morgan fingerprint density at radius 3 is 2.34 bits per heavy atom. The summed E-state index contributed by atoms with van der Waals surface area (Å²) >= 11 is 0. The highest BCUT2D eigenvalue weighted by Crippen LogP contribution is 2.24. The minimum Gasteiger partial charge on any atom is -0.462 e. The maximum absolute atomic E-state index is 14.2. The number of halogens is 1. The van der Waals surface area contributed by atoms with Gasteiger partial charge in [0.1, 0.15) is 17.1 Å². The molecule has 1 atom stereocenters. The Morgan fingerprint density at radius 2 is 1.68 bits per heavy atom. The third-order valence-electron chi connectivity index (χ3n) is 6.46. The predicted octanol–water partition coefficient (Wildman–Crippen LogP) is 4.40. The molecule has 2 aromatic carbocycles. The number of nitrogens with zero attached hydrogens (tertiary/aromatic N) is 4. The van der Waals surface area contributed by atoms with E-state index in [1.807, 2.05) is 44.2 Å². The second kappa shape index (κ2) is 11.9. The number of carbonyl (C=O) groups excluding carboxylic acids is 3. The summed E-state index contributed by atoms with van der Waals surface area (Å²) < 4.78 is 19.5. The third kappa shape index (κ3) is 5.56. The molecule has 0 spiro atoms. The van der Waals surface area contributed by atoms with Gasteiger partial charge in [-0.1, -0.05) is 55.8 Å². The summed E-state index contributed by atoms with van der Waals surface area (Å²) in [4.78, 5) is 52.3. The zero-order valence-electron chi connectivity index (χ0n) is 21.8. The molecule has 2 amide bonds. The van der Waals surface area contributed by atoms with Gasteiger partial charge in [0, 0.05) is 31.2 Å². The molecule has 3 aromatic rings. The Bertz CT molecular complexity index is 1330. The quantitative estimate of drug-likeness (QED) is 0.431. The Morgan fingerprint density at radius 1 is 0.974 bits per heavy atom. The van der Waals surface area contributed by atoms with Crippen molar-refractivity contribution in [2.75, 3.05) is 26.2 Å². The smallest absolute Gasteiger partial charge is 0.342 e. The summed E-state index contributed by atoms with van der Waals surface area (Å²) in [6.07, 6.45) is 1.18. The van der Waals surface area contributed by atoms with E-state index in [1.165, 1.54) is 18.2 Å². The number of amides is 2. The Labute approximate surface area is 221 Å². The van der Waals surface area contributed by atoms with Gasteiger partial charge < -0.3 is 14.5 Å². The number of ether oxygens (including phenoxy) is 1. The van der Waals surface area contributed by atoms with Crippen molar-refractivity contribution in [1.29, 1.82) is 0 Å². The van der Waals surface area contributed by atoms with Crippen molar-refractivity contribution in [3.8, 4) is 11.4 Å². The summed E-state index contributed by atoms with van der Waals surface area (Å²) in [6.45, 7) is 6.25. The van der Waals surface area contributed by atoms with Gasteiger partial charge in [0.25, 0.3) is 11.8 Å². The van der Waals surface area contributed by atoms with Gasteiger partial charge in [0.15, 0.2) is 5.82 Å². The molecule has 1 saturated heterocycles.